The van der Waals surface area contributed by atoms with E-state index in [1.165, 1.54) is 4.31 Å². The van der Waals surface area contributed by atoms with Crippen molar-refractivity contribution in [1.29, 1.82) is 0 Å². The van der Waals surface area contributed by atoms with E-state index in [1.807, 2.05) is 32.0 Å². The fourth-order valence-electron chi connectivity index (χ4n) is 4.59. The van der Waals surface area contributed by atoms with Crippen LogP contribution in [-0.2, 0) is 21.4 Å². The minimum Gasteiger partial charge on any atom is -0.497 e. The molecule has 0 amide bonds. The summed E-state index contributed by atoms with van der Waals surface area (Å²) in [6, 6.07) is 17.6. The first kappa shape index (κ1) is 26.5. The Morgan fingerprint density at radius 1 is 1.05 bits per heavy atom. The molecule has 2 atom stereocenters. The Morgan fingerprint density at radius 2 is 1.73 bits per heavy atom. The summed E-state index contributed by atoms with van der Waals surface area (Å²) in [4.78, 5) is 12.0. The number of carbonyl (C=O) groups is 1. The van der Waals surface area contributed by atoms with Gasteiger partial charge in [-0.2, -0.15) is 4.31 Å². The highest BCUT2D eigenvalue weighted by Crippen LogP contribution is 2.36. The van der Waals surface area contributed by atoms with E-state index >= 15 is 0 Å². The van der Waals surface area contributed by atoms with Crippen LogP contribution in [0.2, 0.25) is 0 Å². The number of aliphatic carboxylic acids is 1. The first-order valence-corrected chi connectivity index (χ1v) is 13.4. The molecule has 0 radical (unpaired) electrons. The Labute approximate surface area is 217 Å². The molecule has 3 aromatic rings. The Kier molecular flexibility index (Phi) is 7.75. The number of aryl methyl sites for hydroxylation is 1. The number of nitrogens with zero attached hydrogens (tertiary/aromatic N) is 1. The Morgan fingerprint density at radius 3 is 2.38 bits per heavy atom. The average Bonchev–Trinajstić information content (AvgIpc) is 2.96. The van der Waals surface area contributed by atoms with Crippen LogP contribution < -0.4 is 14.2 Å². The van der Waals surface area contributed by atoms with Gasteiger partial charge in [0.05, 0.1) is 27.2 Å². The van der Waals surface area contributed by atoms with Crippen molar-refractivity contribution in [2.45, 2.75) is 43.7 Å². The Bertz CT molecular complexity index is 1380. The van der Waals surface area contributed by atoms with Crippen LogP contribution in [0.15, 0.2) is 65.6 Å². The van der Waals surface area contributed by atoms with E-state index in [-0.39, 0.29) is 30.5 Å². The second-order valence-electron chi connectivity index (χ2n) is 9.16. The van der Waals surface area contributed by atoms with Gasteiger partial charge in [0.1, 0.15) is 28.2 Å². The van der Waals surface area contributed by atoms with Gasteiger partial charge in [0.25, 0.3) is 0 Å². The molecule has 1 heterocycles. The SMILES string of the molecule is COc1cc(OC)cc(C(CC(=O)O)c2ccc(C)c(CN3CC(C)Oc4ccccc4S3(=O)=O)c2)c1. The van der Waals surface area contributed by atoms with Crippen LogP contribution in [0.5, 0.6) is 17.2 Å². The van der Waals surface area contributed by atoms with Crippen LogP contribution in [0.3, 0.4) is 0 Å². The number of fused-ring (bicyclic) bond motifs is 1. The van der Waals surface area contributed by atoms with E-state index in [0.29, 0.717) is 17.2 Å². The zero-order valence-corrected chi connectivity index (χ0v) is 22.1. The van der Waals surface area contributed by atoms with Gasteiger partial charge in [-0.25, -0.2) is 8.42 Å². The number of ether oxygens (including phenoxy) is 3. The summed E-state index contributed by atoms with van der Waals surface area (Å²) >= 11 is 0. The third kappa shape index (κ3) is 5.73. The summed E-state index contributed by atoms with van der Waals surface area (Å²) in [7, 11) is -0.727. The van der Waals surface area contributed by atoms with Crippen LogP contribution in [0.1, 0.15) is 41.5 Å². The Balaban J connectivity index is 1.75. The van der Waals surface area contributed by atoms with Crippen molar-refractivity contribution in [3.05, 3.63) is 82.9 Å². The number of carboxylic acids is 1. The number of methoxy groups -OCH3 is 2. The Hall–Kier alpha value is -3.56. The van der Waals surface area contributed by atoms with E-state index in [2.05, 4.69) is 0 Å². The van der Waals surface area contributed by atoms with E-state index in [4.69, 9.17) is 14.2 Å². The second-order valence-corrected chi connectivity index (χ2v) is 11.1. The molecule has 0 spiro atoms. The van der Waals surface area contributed by atoms with Crippen molar-refractivity contribution in [1.82, 2.24) is 4.31 Å². The lowest BCUT2D eigenvalue weighted by molar-refractivity contribution is -0.137. The van der Waals surface area contributed by atoms with Crippen molar-refractivity contribution in [3.63, 3.8) is 0 Å². The van der Waals surface area contributed by atoms with E-state index in [9.17, 15) is 18.3 Å². The van der Waals surface area contributed by atoms with Gasteiger partial charge in [-0.1, -0.05) is 30.3 Å². The summed E-state index contributed by atoms with van der Waals surface area (Å²) < 4.78 is 45.2. The molecule has 0 aromatic heterocycles. The molecule has 3 aromatic carbocycles. The maximum atomic E-state index is 13.6. The minimum atomic E-state index is -3.81. The first-order valence-electron chi connectivity index (χ1n) is 11.9. The fourth-order valence-corrected chi connectivity index (χ4v) is 6.20. The second kappa shape index (κ2) is 10.8. The maximum Gasteiger partial charge on any atom is 0.304 e. The molecular weight excluding hydrogens is 494 g/mol. The number of sulfonamides is 1. The number of para-hydroxylation sites is 1. The van der Waals surface area contributed by atoms with Crippen LogP contribution in [-0.4, -0.2) is 50.7 Å². The summed E-state index contributed by atoms with van der Waals surface area (Å²) in [5, 5.41) is 9.70. The molecule has 196 valence electrons. The molecule has 0 saturated carbocycles. The van der Waals surface area contributed by atoms with Gasteiger partial charge in [0.15, 0.2) is 0 Å². The smallest absolute Gasteiger partial charge is 0.304 e. The summed E-state index contributed by atoms with van der Waals surface area (Å²) in [6.45, 7) is 4.07. The number of rotatable bonds is 8. The molecule has 0 saturated heterocycles. The molecule has 4 rings (SSSR count). The lowest BCUT2D eigenvalue weighted by atomic mass is 9.86. The zero-order chi connectivity index (χ0) is 26.7. The third-order valence-electron chi connectivity index (χ3n) is 6.53. The van der Waals surface area contributed by atoms with Crippen molar-refractivity contribution in [2.75, 3.05) is 20.8 Å². The molecule has 9 heteroatoms. The van der Waals surface area contributed by atoms with Crippen LogP contribution >= 0.6 is 0 Å². The van der Waals surface area contributed by atoms with E-state index in [0.717, 1.165) is 22.3 Å². The van der Waals surface area contributed by atoms with E-state index < -0.39 is 21.9 Å². The molecule has 2 unspecified atom stereocenters. The van der Waals surface area contributed by atoms with Gasteiger partial charge in [0, 0.05) is 18.5 Å². The van der Waals surface area contributed by atoms with Crippen molar-refractivity contribution in [3.8, 4) is 17.2 Å². The lowest BCUT2D eigenvalue weighted by Gasteiger charge is -2.24. The maximum absolute atomic E-state index is 13.6. The normalized spacial score (nSPS) is 17.7. The van der Waals surface area contributed by atoms with Crippen molar-refractivity contribution in [2.24, 2.45) is 0 Å². The highest BCUT2D eigenvalue weighted by molar-refractivity contribution is 7.89. The van der Waals surface area contributed by atoms with E-state index in [1.54, 1.807) is 56.7 Å². The highest BCUT2D eigenvalue weighted by atomic mass is 32.2. The van der Waals surface area contributed by atoms with Crippen molar-refractivity contribution < 1.29 is 32.5 Å². The highest BCUT2D eigenvalue weighted by Gasteiger charge is 2.33. The molecule has 0 aliphatic carbocycles. The molecule has 0 fully saturated rings. The summed E-state index contributed by atoms with van der Waals surface area (Å²) in [5.74, 6) is 0.00778. The van der Waals surface area contributed by atoms with Crippen LogP contribution in [0, 0.1) is 6.92 Å². The number of benzene rings is 3. The largest absolute Gasteiger partial charge is 0.497 e. The van der Waals surface area contributed by atoms with Gasteiger partial charge in [-0.05, 0) is 60.4 Å². The topological polar surface area (TPSA) is 102 Å². The standard InChI is InChI=1S/C28H31NO7S/c1-18-9-10-20(25(15-28(30)31)21-12-23(34-3)14-24(13-21)35-4)11-22(18)17-29-16-19(2)36-26-7-5-6-8-27(26)37(29,32)33/h5-14,19,25H,15-17H2,1-4H3,(H,30,31). The average molecular weight is 526 g/mol. The molecule has 37 heavy (non-hydrogen) atoms. The molecule has 1 aliphatic rings. The monoisotopic (exact) mass is 525 g/mol. The van der Waals surface area contributed by atoms with Crippen LogP contribution in [0.25, 0.3) is 0 Å². The minimum absolute atomic E-state index is 0.130. The zero-order valence-electron chi connectivity index (χ0n) is 21.3. The van der Waals surface area contributed by atoms with Gasteiger partial charge in [-0.15, -0.1) is 0 Å². The number of hydrogen-bond acceptors (Lipinski definition) is 6. The van der Waals surface area contributed by atoms with Gasteiger partial charge in [0.2, 0.25) is 10.0 Å². The van der Waals surface area contributed by atoms with Gasteiger partial charge >= 0.3 is 5.97 Å². The van der Waals surface area contributed by atoms with Gasteiger partial charge in [-0.3, -0.25) is 4.79 Å². The predicted octanol–water partition coefficient (Wildman–Crippen LogP) is 4.59. The third-order valence-corrected chi connectivity index (χ3v) is 8.38. The number of carboxylic acid groups (broad SMARTS) is 1. The van der Waals surface area contributed by atoms with Crippen molar-refractivity contribution >= 4 is 16.0 Å². The van der Waals surface area contributed by atoms with Crippen LogP contribution in [0.4, 0.5) is 0 Å². The molecule has 8 nitrogen and oxygen atoms in total. The summed E-state index contributed by atoms with van der Waals surface area (Å²) in [6.07, 6.45) is -0.495. The number of hydrogen-bond donors (Lipinski definition) is 1. The van der Waals surface area contributed by atoms with Gasteiger partial charge < -0.3 is 19.3 Å². The predicted molar refractivity (Wildman–Crippen MR) is 139 cm³/mol. The lowest BCUT2D eigenvalue weighted by Crippen LogP contribution is -2.35. The molecule has 1 N–H and O–H groups in total. The molecular formula is C28H31NO7S. The molecule has 0 bridgehead atoms. The summed E-state index contributed by atoms with van der Waals surface area (Å²) in [5.41, 5.74) is 3.18. The molecule has 1 aliphatic heterocycles. The fraction of sp³-hybridized carbons (Fsp3) is 0.321. The first-order chi connectivity index (χ1) is 17.6. The quantitative estimate of drug-likeness (QED) is 0.459.